The lowest BCUT2D eigenvalue weighted by atomic mass is 9.83. The Morgan fingerprint density at radius 3 is 2.71 bits per heavy atom. The van der Waals surface area contributed by atoms with Gasteiger partial charge in [0, 0.05) is 38.2 Å². The van der Waals surface area contributed by atoms with Gasteiger partial charge in [-0.05, 0) is 30.6 Å². The second-order valence-electron chi connectivity index (χ2n) is 7.68. The Morgan fingerprint density at radius 1 is 1.24 bits per heavy atom. The van der Waals surface area contributed by atoms with E-state index >= 15 is 0 Å². The number of fused-ring (bicyclic) bond motifs is 1. The van der Waals surface area contributed by atoms with Gasteiger partial charge in [-0.3, -0.25) is 0 Å². The molecule has 2 heterocycles. The van der Waals surface area contributed by atoms with E-state index in [-0.39, 0.29) is 0 Å². The van der Waals surface area contributed by atoms with Gasteiger partial charge in [0.2, 0.25) is 0 Å². The van der Waals surface area contributed by atoms with E-state index in [1.165, 1.54) is 49.4 Å². The number of aromatic nitrogens is 2. The molecule has 0 unspecified atom stereocenters. The van der Waals surface area contributed by atoms with Gasteiger partial charge in [-0.15, -0.1) is 0 Å². The highest BCUT2D eigenvalue weighted by Crippen LogP contribution is 2.31. The van der Waals surface area contributed by atoms with Crippen molar-refractivity contribution in [3.63, 3.8) is 0 Å². The first-order chi connectivity index (χ1) is 10.1. The summed E-state index contributed by atoms with van der Waals surface area (Å²) in [6, 6.07) is 0. The lowest BCUT2D eigenvalue weighted by molar-refractivity contribution is 0.260. The van der Waals surface area contributed by atoms with E-state index in [4.69, 9.17) is 4.98 Å². The molecule has 1 aromatic rings. The standard InChI is InChI=1S/C18H31N3/c1-13(2)10-18-20-16-11-19-9-8-17(16)21(18)12-15-6-4-14(3)5-7-15/h13-15,19H,4-12H2,1-3H3. The van der Waals surface area contributed by atoms with Gasteiger partial charge in [0.05, 0.1) is 5.69 Å². The van der Waals surface area contributed by atoms with Crippen LogP contribution in [0.2, 0.25) is 0 Å². The largest absolute Gasteiger partial charge is 0.331 e. The van der Waals surface area contributed by atoms with E-state index < -0.39 is 0 Å². The fourth-order valence-electron chi connectivity index (χ4n) is 3.93. The fourth-order valence-corrected chi connectivity index (χ4v) is 3.93. The summed E-state index contributed by atoms with van der Waals surface area (Å²) in [7, 11) is 0. The third kappa shape index (κ3) is 3.50. The molecule has 21 heavy (non-hydrogen) atoms. The topological polar surface area (TPSA) is 29.9 Å². The maximum Gasteiger partial charge on any atom is 0.109 e. The molecule has 0 saturated heterocycles. The Hall–Kier alpha value is -0.830. The number of nitrogens with one attached hydrogen (secondary N) is 1. The van der Waals surface area contributed by atoms with E-state index in [0.29, 0.717) is 5.92 Å². The SMILES string of the molecule is CC(C)Cc1nc2c(n1CC1CCC(C)CC1)CCNC2. The predicted molar refractivity (Wildman–Crippen MR) is 87.3 cm³/mol. The fraction of sp³-hybridized carbons (Fsp3) is 0.833. The molecule has 0 radical (unpaired) electrons. The molecule has 3 rings (SSSR count). The van der Waals surface area contributed by atoms with Gasteiger partial charge in [-0.2, -0.15) is 0 Å². The molecule has 1 saturated carbocycles. The molecule has 0 aromatic carbocycles. The minimum Gasteiger partial charge on any atom is -0.331 e. The Labute approximate surface area is 129 Å². The van der Waals surface area contributed by atoms with Crippen LogP contribution in [0.4, 0.5) is 0 Å². The molecule has 1 fully saturated rings. The third-order valence-electron chi connectivity index (χ3n) is 5.23. The van der Waals surface area contributed by atoms with E-state index in [1.54, 1.807) is 0 Å². The first kappa shape index (κ1) is 15.1. The molecule has 0 bridgehead atoms. The average Bonchev–Trinajstić information content (AvgIpc) is 2.78. The van der Waals surface area contributed by atoms with Gasteiger partial charge in [0.25, 0.3) is 0 Å². The van der Waals surface area contributed by atoms with Crippen LogP contribution in [0.25, 0.3) is 0 Å². The lowest BCUT2D eigenvalue weighted by Crippen LogP contribution is -2.26. The van der Waals surface area contributed by atoms with Crippen molar-refractivity contribution >= 4 is 0 Å². The van der Waals surface area contributed by atoms with Crippen molar-refractivity contribution < 1.29 is 0 Å². The zero-order chi connectivity index (χ0) is 14.8. The van der Waals surface area contributed by atoms with Crippen molar-refractivity contribution in [2.45, 2.75) is 72.4 Å². The monoisotopic (exact) mass is 289 g/mol. The van der Waals surface area contributed by atoms with Crippen molar-refractivity contribution in [1.82, 2.24) is 14.9 Å². The van der Waals surface area contributed by atoms with E-state index in [2.05, 4.69) is 30.7 Å². The highest BCUT2D eigenvalue weighted by molar-refractivity contribution is 5.20. The second-order valence-corrected chi connectivity index (χ2v) is 7.68. The summed E-state index contributed by atoms with van der Waals surface area (Å²) in [6.07, 6.45) is 7.94. The molecule has 2 aliphatic rings. The molecular weight excluding hydrogens is 258 g/mol. The van der Waals surface area contributed by atoms with Crippen LogP contribution in [0.15, 0.2) is 0 Å². The summed E-state index contributed by atoms with van der Waals surface area (Å²) in [4.78, 5) is 4.97. The predicted octanol–water partition coefficient (Wildman–Crippen LogP) is 3.55. The first-order valence-corrected chi connectivity index (χ1v) is 8.91. The first-order valence-electron chi connectivity index (χ1n) is 8.91. The van der Waals surface area contributed by atoms with Crippen LogP contribution >= 0.6 is 0 Å². The van der Waals surface area contributed by atoms with Crippen LogP contribution in [0, 0.1) is 17.8 Å². The van der Waals surface area contributed by atoms with Crippen LogP contribution in [0.5, 0.6) is 0 Å². The van der Waals surface area contributed by atoms with Crippen LogP contribution in [0.1, 0.15) is 63.7 Å². The van der Waals surface area contributed by atoms with Crippen molar-refractivity contribution in [1.29, 1.82) is 0 Å². The summed E-state index contributed by atoms with van der Waals surface area (Å²) < 4.78 is 2.61. The summed E-state index contributed by atoms with van der Waals surface area (Å²) in [5.41, 5.74) is 2.85. The highest BCUT2D eigenvalue weighted by Gasteiger charge is 2.24. The van der Waals surface area contributed by atoms with E-state index in [9.17, 15) is 0 Å². The molecule has 1 aliphatic heterocycles. The molecule has 3 nitrogen and oxygen atoms in total. The summed E-state index contributed by atoms with van der Waals surface area (Å²) >= 11 is 0. The average molecular weight is 289 g/mol. The Kier molecular flexibility index (Phi) is 4.68. The minimum atomic E-state index is 0.687. The molecular formula is C18H31N3. The van der Waals surface area contributed by atoms with Crippen LogP contribution in [-0.2, 0) is 25.9 Å². The zero-order valence-corrected chi connectivity index (χ0v) is 14.0. The Bertz CT molecular complexity index is 467. The summed E-state index contributed by atoms with van der Waals surface area (Å²) in [5, 5.41) is 3.47. The third-order valence-corrected chi connectivity index (χ3v) is 5.23. The quantitative estimate of drug-likeness (QED) is 0.918. The number of nitrogens with zero attached hydrogens (tertiary/aromatic N) is 2. The van der Waals surface area contributed by atoms with Crippen molar-refractivity contribution in [2.24, 2.45) is 17.8 Å². The summed E-state index contributed by atoms with van der Waals surface area (Å²) in [5.74, 6) is 3.85. The number of hydrogen-bond acceptors (Lipinski definition) is 2. The van der Waals surface area contributed by atoms with Gasteiger partial charge in [-0.1, -0.05) is 33.6 Å². The molecule has 0 atom stereocenters. The molecule has 0 spiro atoms. The second kappa shape index (κ2) is 6.51. The van der Waals surface area contributed by atoms with Gasteiger partial charge in [0.15, 0.2) is 0 Å². The number of rotatable bonds is 4. The molecule has 0 amide bonds. The normalized spacial score (nSPS) is 26.1. The Balaban J connectivity index is 1.79. The smallest absolute Gasteiger partial charge is 0.109 e. The zero-order valence-electron chi connectivity index (χ0n) is 14.0. The Morgan fingerprint density at radius 2 is 2.00 bits per heavy atom. The van der Waals surface area contributed by atoms with Crippen molar-refractivity contribution in [3.8, 4) is 0 Å². The molecule has 118 valence electrons. The van der Waals surface area contributed by atoms with E-state index in [1.807, 2.05) is 0 Å². The maximum atomic E-state index is 4.97. The van der Waals surface area contributed by atoms with Crippen LogP contribution in [0.3, 0.4) is 0 Å². The van der Waals surface area contributed by atoms with Crippen LogP contribution < -0.4 is 5.32 Å². The molecule has 1 aliphatic carbocycles. The van der Waals surface area contributed by atoms with Gasteiger partial charge >= 0.3 is 0 Å². The lowest BCUT2D eigenvalue weighted by Gasteiger charge is -2.28. The minimum absolute atomic E-state index is 0.687. The molecule has 1 aromatic heterocycles. The van der Waals surface area contributed by atoms with E-state index in [0.717, 1.165) is 37.8 Å². The summed E-state index contributed by atoms with van der Waals surface area (Å²) in [6.45, 7) is 10.3. The number of imidazole rings is 1. The van der Waals surface area contributed by atoms with Gasteiger partial charge in [-0.25, -0.2) is 4.98 Å². The maximum absolute atomic E-state index is 4.97. The highest BCUT2D eigenvalue weighted by atomic mass is 15.1. The van der Waals surface area contributed by atoms with Crippen molar-refractivity contribution in [3.05, 3.63) is 17.2 Å². The van der Waals surface area contributed by atoms with Crippen molar-refractivity contribution in [2.75, 3.05) is 6.54 Å². The van der Waals surface area contributed by atoms with Crippen LogP contribution in [-0.4, -0.2) is 16.1 Å². The number of hydrogen-bond donors (Lipinski definition) is 1. The molecule has 3 heteroatoms. The van der Waals surface area contributed by atoms with Gasteiger partial charge in [0.1, 0.15) is 5.82 Å². The van der Waals surface area contributed by atoms with Gasteiger partial charge < -0.3 is 9.88 Å². The molecule has 1 N–H and O–H groups in total.